The van der Waals surface area contributed by atoms with E-state index in [1.807, 2.05) is 0 Å². The molecule has 0 amide bonds. The van der Waals surface area contributed by atoms with Crippen LogP contribution in [0.2, 0.25) is 0 Å². The van der Waals surface area contributed by atoms with E-state index in [9.17, 15) is 17.2 Å². The van der Waals surface area contributed by atoms with E-state index in [0.29, 0.717) is 24.2 Å². The van der Waals surface area contributed by atoms with Crippen LogP contribution in [0.3, 0.4) is 0 Å². The van der Waals surface area contributed by atoms with E-state index >= 15 is 0 Å². The number of rotatable bonds is 3. The second-order valence-corrected chi connectivity index (χ2v) is 7.81. The summed E-state index contributed by atoms with van der Waals surface area (Å²) in [7, 11) is -5.27. The third-order valence-electron chi connectivity index (χ3n) is 5.01. The molecule has 98 valence electrons. The van der Waals surface area contributed by atoms with Crippen LogP contribution in [0, 0.1) is 23.2 Å². The molecular weight excluding hydrogens is 250 g/mol. The van der Waals surface area contributed by atoms with Crippen molar-refractivity contribution in [3.05, 3.63) is 0 Å². The number of halogens is 2. The molecule has 0 saturated heterocycles. The second kappa shape index (κ2) is 3.20. The monoisotopic (exact) mass is 266 g/mol. The van der Waals surface area contributed by atoms with Crippen LogP contribution in [0.15, 0.2) is 0 Å². The van der Waals surface area contributed by atoms with Crippen molar-refractivity contribution < 1.29 is 21.8 Å². The van der Waals surface area contributed by atoms with Gasteiger partial charge in [0.15, 0.2) is 0 Å². The fourth-order valence-corrected chi connectivity index (χ4v) is 5.21. The first-order chi connectivity index (χ1) is 7.71. The predicted molar refractivity (Wildman–Crippen MR) is 57.1 cm³/mol. The van der Waals surface area contributed by atoms with Gasteiger partial charge in [-0.1, -0.05) is 0 Å². The van der Waals surface area contributed by atoms with Crippen LogP contribution < -0.4 is 0 Å². The lowest BCUT2D eigenvalue weighted by Crippen LogP contribution is -2.38. The average Bonchev–Trinajstić information content (AvgIpc) is 2.49. The Hall–Kier alpha value is -0.230. The number of hydrogen-bond donors (Lipinski definition) is 1. The predicted octanol–water partition coefficient (Wildman–Crippen LogP) is 2.68. The van der Waals surface area contributed by atoms with Gasteiger partial charge in [0.1, 0.15) is 0 Å². The molecule has 0 aromatic rings. The first kappa shape index (κ1) is 11.8. The molecule has 0 aromatic heterocycles. The number of alkyl halides is 2. The van der Waals surface area contributed by atoms with Gasteiger partial charge in [0.05, 0.1) is 0 Å². The van der Waals surface area contributed by atoms with Crippen molar-refractivity contribution in [1.29, 1.82) is 0 Å². The zero-order chi connectivity index (χ0) is 12.5. The smallest absolute Gasteiger partial charge is 0.281 e. The van der Waals surface area contributed by atoms with Crippen molar-refractivity contribution in [2.24, 2.45) is 23.2 Å². The third kappa shape index (κ3) is 1.71. The summed E-state index contributed by atoms with van der Waals surface area (Å²) in [5.41, 5.74) is -0.532. The minimum absolute atomic E-state index is 0.504. The molecule has 3 nitrogen and oxygen atoms in total. The van der Waals surface area contributed by atoms with Crippen LogP contribution >= 0.6 is 0 Å². The molecule has 2 unspecified atom stereocenters. The van der Waals surface area contributed by atoms with Crippen LogP contribution in [0.1, 0.15) is 38.5 Å². The Balaban J connectivity index is 1.83. The zero-order valence-corrected chi connectivity index (χ0v) is 10.2. The quantitative estimate of drug-likeness (QED) is 0.799. The van der Waals surface area contributed by atoms with Gasteiger partial charge in [0.2, 0.25) is 0 Å². The molecule has 17 heavy (non-hydrogen) atoms. The third-order valence-corrected chi connectivity index (χ3v) is 5.91. The van der Waals surface area contributed by atoms with Crippen molar-refractivity contribution in [2.45, 2.75) is 43.8 Å². The van der Waals surface area contributed by atoms with E-state index in [0.717, 1.165) is 25.7 Å². The van der Waals surface area contributed by atoms with Crippen LogP contribution in [0.4, 0.5) is 8.78 Å². The molecule has 4 fully saturated rings. The van der Waals surface area contributed by atoms with Gasteiger partial charge in [-0.25, -0.2) is 0 Å². The Kier molecular flexibility index (Phi) is 2.23. The molecule has 2 atom stereocenters. The van der Waals surface area contributed by atoms with Gasteiger partial charge in [0, 0.05) is 6.42 Å². The first-order valence-corrected chi connectivity index (χ1v) is 7.50. The lowest BCUT2D eigenvalue weighted by atomic mass is 9.68. The van der Waals surface area contributed by atoms with Crippen molar-refractivity contribution in [1.82, 2.24) is 0 Å². The summed E-state index contributed by atoms with van der Waals surface area (Å²) in [5, 5.41) is -3.98. The molecule has 0 radical (unpaired) electrons. The van der Waals surface area contributed by atoms with E-state index in [1.54, 1.807) is 0 Å². The zero-order valence-electron chi connectivity index (χ0n) is 9.40. The maximum Gasteiger partial charge on any atom is 0.370 e. The summed E-state index contributed by atoms with van der Waals surface area (Å²) >= 11 is 0. The van der Waals surface area contributed by atoms with Crippen molar-refractivity contribution >= 4 is 10.1 Å². The molecule has 0 aromatic carbocycles. The molecule has 0 spiro atoms. The number of hydrogen-bond acceptors (Lipinski definition) is 2. The maximum absolute atomic E-state index is 13.5. The fraction of sp³-hybridized carbons (Fsp3) is 1.00. The highest BCUT2D eigenvalue weighted by Crippen LogP contribution is 2.66. The Morgan fingerprint density at radius 1 is 1.18 bits per heavy atom. The molecule has 6 heteroatoms. The Bertz CT molecular complexity index is 426. The molecule has 0 heterocycles. The van der Waals surface area contributed by atoms with Gasteiger partial charge >= 0.3 is 15.4 Å². The lowest BCUT2D eigenvalue weighted by Gasteiger charge is -2.39. The van der Waals surface area contributed by atoms with E-state index in [1.165, 1.54) is 0 Å². The summed E-state index contributed by atoms with van der Waals surface area (Å²) in [5.74, 6) is 1.54. The van der Waals surface area contributed by atoms with Crippen LogP contribution in [-0.2, 0) is 10.1 Å². The minimum Gasteiger partial charge on any atom is -0.281 e. The van der Waals surface area contributed by atoms with Gasteiger partial charge in [-0.15, -0.1) is 0 Å². The molecular formula is C11H16F2O3S. The summed E-state index contributed by atoms with van der Waals surface area (Å²) in [6.07, 6.45) is 3.72. The normalized spacial score (nSPS) is 44.5. The summed E-state index contributed by atoms with van der Waals surface area (Å²) in [4.78, 5) is 0. The minimum atomic E-state index is -5.27. The summed E-state index contributed by atoms with van der Waals surface area (Å²) in [6.45, 7) is 0. The van der Waals surface area contributed by atoms with Gasteiger partial charge in [-0.2, -0.15) is 17.2 Å². The molecule has 0 aliphatic heterocycles. The second-order valence-electron chi connectivity index (χ2n) is 6.26. The molecule has 4 saturated carbocycles. The molecule has 4 rings (SSSR count). The van der Waals surface area contributed by atoms with Gasteiger partial charge in [-0.3, -0.25) is 4.55 Å². The SMILES string of the molecule is O=S(=O)(O)C(F)(F)CC12CC3CC(C1)C(C3)C2. The van der Waals surface area contributed by atoms with Crippen LogP contribution in [0.25, 0.3) is 0 Å². The Labute approximate surface area is 99.3 Å². The Morgan fingerprint density at radius 3 is 2.12 bits per heavy atom. The highest BCUT2D eigenvalue weighted by molar-refractivity contribution is 7.86. The largest absolute Gasteiger partial charge is 0.370 e. The average molecular weight is 266 g/mol. The first-order valence-electron chi connectivity index (χ1n) is 6.06. The fourth-order valence-electron chi connectivity index (χ4n) is 4.72. The van der Waals surface area contributed by atoms with Gasteiger partial charge in [0.25, 0.3) is 0 Å². The lowest BCUT2D eigenvalue weighted by molar-refractivity contribution is -0.00235. The van der Waals surface area contributed by atoms with E-state index in [-0.39, 0.29) is 0 Å². The molecule has 4 bridgehead atoms. The van der Waals surface area contributed by atoms with Gasteiger partial charge in [-0.05, 0) is 55.3 Å². The molecule has 4 aliphatic carbocycles. The highest BCUT2D eigenvalue weighted by atomic mass is 32.2. The van der Waals surface area contributed by atoms with Crippen LogP contribution in [-0.4, -0.2) is 18.2 Å². The molecule has 4 aliphatic rings. The highest BCUT2D eigenvalue weighted by Gasteiger charge is 2.60. The summed E-state index contributed by atoms with van der Waals surface area (Å²) in [6, 6.07) is 0. The standard InChI is InChI=1S/C11H16F2O3S/c12-11(13,17(14,15)16)6-10-3-7-1-8(4-10)9(2-7)5-10/h7-9H,1-6H2,(H,14,15,16). The van der Waals surface area contributed by atoms with Crippen molar-refractivity contribution in [2.75, 3.05) is 0 Å². The van der Waals surface area contributed by atoms with Gasteiger partial charge < -0.3 is 0 Å². The van der Waals surface area contributed by atoms with E-state index < -0.39 is 27.2 Å². The Morgan fingerprint density at radius 2 is 1.71 bits per heavy atom. The van der Waals surface area contributed by atoms with E-state index in [4.69, 9.17) is 4.55 Å². The topological polar surface area (TPSA) is 54.4 Å². The summed E-state index contributed by atoms with van der Waals surface area (Å²) < 4.78 is 56.9. The van der Waals surface area contributed by atoms with E-state index in [2.05, 4.69) is 0 Å². The molecule has 1 N–H and O–H groups in total. The van der Waals surface area contributed by atoms with Crippen molar-refractivity contribution in [3.8, 4) is 0 Å². The van der Waals surface area contributed by atoms with Crippen LogP contribution in [0.5, 0.6) is 0 Å². The van der Waals surface area contributed by atoms with Crippen molar-refractivity contribution in [3.63, 3.8) is 0 Å². The maximum atomic E-state index is 13.5.